The highest BCUT2D eigenvalue weighted by Crippen LogP contribution is 2.43. The molecule has 1 saturated heterocycles. The Morgan fingerprint density at radius 2 is 2.04 bits per heavy atom. The van der Waals surface area contributed by atoms with Crippen molar-refractivity contribution in [3.05, 3.63) is 23.9 Å². The normalized spacial score (nSPS) is 20.0. The molecule has 0 radical (unpaired) electrons. The van der Waals surface area contributed by atoms with Crippen LogP contribution in [0.4, 0.5) is 0 Å². The molecule has 2 aliphatic rings. The van der Waals surface area contributed by atoms with Crippen LogP contribution in [0.25, 0.3) is 0 Å². The molecule has 1 saturated carbocycles. The quantitative estimate of drug-likeness (QED) is 0.870. The van der Waals surface area contributed by atoms with E-state index in [0.717, 1.165) is 25.9 Å². The van der Waals surface area contributed by atoms with Crippen molar-refractivity contribution in [2.45, 2.75) is 51.5 Å². The predicted octanol–water partition coefficient (Wildman–Crippen LogP) is 2.57. The SMILES string of the molecule is CN1CCC(NC(=O)C(C)(C)COc2ncccc2C2CC2)CC1. The number of amides is 1. The number of likely N-dealkylation sites (tertiary alicyclic amines) is 1. The summed E-state index contributed by atoms with van der Waals surface area (Å²) in [5.41, 5.74) is 0.617. The van der Waals surface area contributed by atoms with Gasteiger partial charge in [0.2, 0.25) is 11.8 Å². The minimum Gasteiger partial charge on any atom is -0.476 e. The molecule has 1 amide bonds. The van der Waals surface area contributed by atoms with Gasteiger partial charge in [0.1, 0.15) is 6.61 Å². The molecule has 5 nitrogen and oxygen atoms in total. The Labute approximate surface area is 144 Å². The highest BCUT2D eigenvalue weighted by atomic mass is 16.5. The van der Waals surface area contributed by atoms with Crippen molar-refractivity contribution in [1.29, 1.82) is 0 Å². The molecule has 3 rings (SSSR count). The standard InChI is InChI=1S/C19H29N3O2/c1-19(2,18(23)21-15-8-11-22(3)12-9-15)13-24-17-16(14-6-7-14)5-4-10-20-17/h4-5,10,14-15H,6-9,11-13H2,1-3H3,(H,21,23). The first kappa shape index (κ1) is 17.2. The zero-order valence-corrected chi connectivity index (χ0v) is 15.0. The average molecular weight is 331 g/mol. The van der Waals surface area contributed by atoms with Crippen LogP contribution in [0.15, 0.2) is 18.3 Å². The van der Waals surface area contributed by atoms with Crippen molar-refractivity contribution in [1.82, 2.24) is 15.2 Å². The molecule has 2 fully saturated rings. The van der Waals surface area contributed by atoms with Crippen molar-refractivity contribution < 1.29 is 9.53 Å². The molecular weight excluding hydrogens is 302 g/mol. The lowest BCUT2D eigenvalue weighted by Crippen LogP contribution is -2.49. The second-order valence-corrected chi connectivity index (χ2v) is 7.90. The van der Waals surface area contributed by atoms with Crippen LogP contribution in [0.2, 0.25) is 0 Å². The number of nitrogens with zero attached hydrogens (tertiary/aromatic N) is 2. The fourth-order valence-electron chi connectivity index (χ4n) is 3.08. The van der Waals surface area contributed by atoms with E-state index in [0.29, 0.717) is 18.4 Å². The molecule has 1 aromatic heterocycles. The Kier molecular flexibility index (Phi) is 5.09. The van der Waals surface area contributed by atoms with Gasteiger partial charge in [-0.3, -0.25) is 4.79 Å². The molecule has 0 unspecified atom stereocenters. The van der Waals surface area contributed by atoms with E-state index in [1.54, 1.807) is 6.20 Å². The van der Waals surface area contributed by atoms with Gasteiger partial charge in [-0.15, -0.1) is 0 Å². The van der Waals surface area contributed by atoms with E-state index in [1.807, 2.05) is 19.9 Å². The molecule has 2 heterocycles. The Balaban J connectivity index is 1.54. The smallest absolute Gasteiger partial charge is 0.229 e. The van der Waals surface area contributed by atoms with Crippen LogP contribution in [0, 0.1) is 5.41 Å². The largest absolute Gasteiger partial charge is 0.476 e. The summed E-state index contributed by atoms with van der Waals surface area (Å²) in [6.45, 7) is 6.32. The van der Waals surface area contributed by atoms with Gasteiger partial charge in [-0.05, 0) is 71.7 Å². The van der Waals surface area contributed by atoms with E-state index in [4.69, 9.17) is 4.74 Å². The number of carbonyl (C=O) groups is 1. The molecule has 24 heavy (non-hydrogen) atoms. The highest BCUT2D eigenvalue weighted by Gasteiger charge is 2.33. The highest BCUT2D eigenvalue weighted by molar-refractivity contribution is 5.82. The maximum atomic E-state index is 12.6. The number of carbonyl (C=O) groups excluding carboxylic acids is 1. The monoisotopic (exact) mass is 331 g/mol. The zero-order chi connectivity index (χ0) is 17.2. The minimum absolute atomic E-state index is 0.0703. The Morgan fingerprint density at radius 3 is 2.71 bits per heavy atom. The van der Waals surface area contributed by atoms with E-state index >= 15 is 0 Å². The van der Waals surface area contributed by atoms with Gasteiger partial charge in [0.05, 0.1) is 5.41 Å². The number of piperidine rings is 1. The Morgan fingerprint density at radius 1 is 1.33 bits per heavy atom. The number of pyridine rings is 1. The van der Waals surface area contributed by atoms with Gasteiger partial charge in [0.25, 0.3) is 0 Å². The number of hydrogen-bond donors (Lipinski definition) is 1. The minimum atomic E-state index is -0.568. The topological polar surface area (TPSA) is 54.5 Å². The molecule has 1 aliphatic heterocycles. The van der Waals surface area contributed by atoms with Crippen molar-refractivity contribution in [3.63, 3.8) is 0 Å². The molecular formula is C19H29N3O2. The molecule has 0 spiro atoms. The summed E-state index contributed by atoms with van der Waals surface area (Å²) >= 11 is 0. The van der Waals surface area contributed by atoms with Gasteiger partial charge in [-0.1, -0.05) is 6.07 Å². The first-order chi connectivity index (χ1) is 11.5. The molecule has 1 aromatic rings. The maximum Gasteiger partial charge on any atom is 0.229 e. The second kappa shape index (κ2) is 7.09. The van der Waals surface area contributed by atoms with Gasteiger partial charge in [0, 0.05) is 17.8 Å². The third kappa shape index (κ3) is 4.26. The van der Waals surface area contributed by atoms with Crippen LogP contribution < -0.4 is 10.1 Å². The number of nitrogens with one attached hydrogen (secondary N) is 1. The van der Waals surface area contributed by atoms with Gasteiger partial charge < -0.3 is 15.0 Å². The predicted molar refractivity (Wildman–Crippen MR) is 94.1 cm³/mol. The average Bonchev–Trinajstić information content (AvgIpc) is 3.40. The van der Waals surface area contributed by atoms with E-state index in [-0.39, 0.29) is 11.9 Å². The molecule has 1 N–H and O–H groups in total. The number of aromatic nitrogens is 1. The number of ether oxygens (including phenoxy) is 1. The second-order valence-electron chi connectivity index (χ2n) is 7.90. The summed E-state index contributed by atoms with van der Waals surface area (Å²) in [6, 6.07) is 4.33. The van der Waals surface area contributed by atoms with Crippen LogP contribution in [0.1, 0.15) is 51.0 Å². The first-order valence-electron chi connectivity index (χ1n) is 9.03. The Bertz CT molecular complexity index is 576. The van der Waals surface area contributed by atoms with Gasteiger partial charge in [-0.25, -0.2) is 4.98 Å². The van der Waals surface area contributed by atoms with Crippen LogP contribution >= 0.6 is 0 Å². The van der Waals surface area contributed by atoms with Crippen molar-refractivity contribution in [2.24, 2.45) is 5.41 Å². The summed E-state index contributed by atoms with van der Waals surface area (Å²) in [7, 11) is 2.13. The van der Waals surface area contributed by atoms with Crippen LogP contribution in [0.5, 0.6) is 5.88 Å². The summed E-state index contributed by atoms with van der Waals surface area (Å²) < 4.78 is 5.95. The lowest BCUT2D eigenvalue weighted by Gasteiger charge is -2.32. The lowest BCUT2D eigenvalue weighted by atomic mass is 9.92. The van der Waals surface area contributed by atoms with E-state index in [9.17, 15) is 4.79 Å². The summed E-state index contributed by atoms with van der Waals surface area (Å²) in [5.74, 6) is 1.35. The van der Waals surface area contributed by atoms with E-state index < -0.39 is 5.41 Å². The lowest BCUT2D eigenvalue weighted by molar-refractivity contribution is -0.131. The zero-order valence-electron chi connectivity index (χ0n) is 15.0. The van der Waals surface area contributed by atoms with Gasteiger partial charge in [-0.2, -0.15) is 0 Å². The number of rotatable bonds is 6. The molecule has 132 valence electrons. The van der Waals surface area contributed by atoms with E-state index in [1.165, 1.54) is 18.4 Å². The fourth-order valence-corrected chi connectivity index (χ4v) is 3.08. The summed E-state index contributed by atoms with van der Waals surface area (Å²) in [5, 5.41) is 3.20. The third-order valence-electron chi connectivity index (χ3n) is 5.06. The molecule has 0 aromatic carbocycles. The molecule has 0 atom stereocenters. The van der Waals surface area contributed by atoms with Gasteiger partial charge in [0.15, 0.2) is 0 Å². The van der Waals surface area contributed by atoms with Crippen molar-refractivity contribution in [3.8, 4) is 5.88 Å². The molecule has 1 aliphatic carbocycles. The molecule has 0 bridgehead atoms. The number of hydrogen-bond acceptors (Lipinski definition) is 4. The van der Waals surface area contributed by atoms with Gasteiger partial charge >= 0.3 is 0 Å². The van der Waals surface area contributed by atoms with Crippen LogP contribution in [0.3, 0.4) is 0 Å². The van der Waals surface area contributed by atoms with Crippen molar-refractivity contribution >= 4 is 5.91 Å². The fraction of sp³-hybridized carbons (Fsp3) is 0.684. The summed E-state index contributed by atoms with van der Waals surface area (Å²) in [4.78, 5) is 19.3. The van der Waals surface area contributed by atoms with Crippen LogP contribution in [-0.4, -0.2) is 48.6 Å². The third-order valence-corrected chi connectivity index (χ3v) is 5.06. The Hall–Kier alpha value is -1.62. The van der Waals surface area contributed by atoms with Crippen LogP contribution in [-0.2, 0) is 4.79 Å². The maximum absolute atomic E-state index is 12.6. The van der Waals surface area contributed by atoms with E-state index in [2.05, 4.69) is 28.3 Å². The molecule has 5 heteroatoms. The van der Waals surface area contributed by atoms with Crippen molar-refractivity contribution in [2.75, 3.05) is 26.7 Å². The summed E-state index contributed by atoms with van der Waals surface area (Å²) in [6.07, 6.45) is 6.22. The first-order valence-corrected chi connectivity index (χ1v) is 9.03.